The molecule has 0 atom stereocenters. The van der Waals surface area contributed by atoms with E-state index in [2.05, 4.69) is 21.9 Å². The van der Waals surface area contributed by atoms with Crippen LogP contribution in [0.3, 0.4) is 0 Å². The molecule has 22 heavy (non-hydrogen) atoms. The molecule has 7 heteroatoms. The third kappa shape index (κ3) is 2.62. The third-order valence-electron chi connectivity index (χ3n) is 3.40. The van der Waals surface area contributed by atoms with E-state index in [-0.39, 0.29) is 10.6 Å². The molecule has 0 aliphatic rings. The summed E-state index contributed by atoms with van der Waals surface area (Å²) in [4.78, 5) is 14.2. The number of aromatic nitrogens is 3. The molecule has 0 saturated heterocycles. The minimum atomic E-state index is -3.34. The van der Waals surface area contributed by atoms with Gasteiger partial charge in [-0.1, -0.05) is 25.2 Å². The summed E-state index contributed by atoms with van der Waals surface area (Å²) < 4.78 is 24.5. The molecule has 0 unspecified atom stereocenters. The summed E-state index contributed by atoms with van der Waals surface area (Å²) in [5.74, 6) is 0.0365. The smallest absolute Gasteiger partial charge is 0.180 e. The Hall–Kier alpha value is -1.86. The molecule has 114 valence electrons. The van der Waals surface area contributed by atoms with Crippen molar-refractivity contribution >= 4 is 31.5 Å². The van der Waals surface area contributed by atoms with Crippen molar-refractivity contribution in [1.29, 1.82) is 0 Å². The van der Waals surface area contributed by atoms with Gasteiger partial charge in [-0.3, -0.25) is 4.98 Å². The minimum absolute atomic E-state index is 0.0365. The highest BCUT2D eigenvalue weighted by molar-refractivity contribution is 7.91. The van der Waals surface area contributed by atoms with E-state index in [0.29, 0.717) is 10.7 Å². The molecule has 0 aliphatic heterocycles. The monoisotopic (exact) mass is 333 g/mol. The summed E-state index contributed by atoms with van der Waals surface area (Å²) in [5.41, 5.74) is 2.29. The second kappa shape index (κ2) is 5.73. The van der Waals surface area contributed by atoms with Crippen molar-refractivity contribution in [3.63, 3.8) is 0 Å². The number of rotatable bonds is 4. The van der Waals surface area contributed by atoms with Gasteiger partial charge in [0.05, 0.1) is 10.6 Å². The Balaban J connectivity index is 2.20. The molecule has 0 radical (unpaired) electrons. The van der Waals surface area contributed by atoms with Gasteiger partial charge in [-0.05, 0) is 30.2 Å². The standard InChI is InChI=1S/C15H15N3O2S2/c1-3-10-8-11-14(17-9-10)21-15(18-11)13-12(6-5-7-16-13)22(19,20)4-2/h5-9H,3-4H2,1-2H3. The topological polar surface area (TPSA) is 72.8 Å². The van der Waals surface area contributed by atoms with Gasteiger partial charge in [0.1, 0.15) is 21.0 Å². The van der Waals surface area contributed by atoms with Crippen molar-refractivity contribution in [3.05, 3.63) is 36.2 Å². The van der Waals surface area contributed by atoms with E-state index in [1.165, 1.54) is 11.3 Å². The summed E-state index contributed by atoms with van der Waals surface area (Å²) in [7, 11) is -3.34. The highest BCUT2D eigenvalue weighted by Crippen LogP contribution is 2.32. The van der Waals surface area contributed by atoms with Gasteiger partial charge in [-0.15, -0.1) is 0 Å². The molecule has 3 aromatic heterocycles. The van der Waals surface area contributed by atoms with Crippen molar-refractivity contribution in [2.45, 2.75) is 25.2 Å². The van der Waals surface area contributed by atoms with Gasteiger partial charge in [0.25, 0.3) is 0 Å². The first-order valence-electron chi connectivity index (χ1n) is 6.98. The molecule has 0 amide bonds. The molecule has 3 heterocycles. The molecule has 0 saturated carbocycles. The summed E-state index contributed by atoms with van der Waals surface area (Å²) in [6.45, 7) is 3.68. The molecule has 0 spiro atoms. The Morgan fingerprint density at radius 3 is 2.77 bits per heavy atom. The van der Waals surface area contributed by atoms with Crippen LogP contribution >= 0.6 is 11.3 Å². The molecule has 0 fully saturated rings. The highest BCUT2D eigenvalue weighted by Gasteiger charge is 2.21. The maximum absolute atomic E-state index is 12.2. The zero-order chi connectivity index (χ0) is 15.7. The Bertz CT molecular complexity index is 933. The van der Waals surface area contributed by atoms with Gasteiger partial charge in [0.2, 0.25) is 0 Å². The normalized spacial score (nSPS) is 11.9. The largest absolute Gasteiger partial charge is 0.252 e. The van der Waals surface area contributed by atoms with Crippen molar-refractivity contribution in [2.75, 3.05) is 5.75 Å². The highest BCUT2D eigenvalue weighted by atomic mass is 32.2. The SMILES string of the molecule is CCc1cnc2sc(-c3ncccc3S(=O)(=O)CC)nc2c1. The van der Waals surface area contributed by atoms with Crippen LogP contribution in [-0.2, 0) is 16.3 Å². The molecular weight excluding hydrogens is 318 g/mol. The van der Waals surface area contributed by atoms with Gasteiger partial charge in [-0.25, -0.2) is 18.4 Å². The van der Waals surface area contributed by atoms with E-state index in [1.807, 2.05) is 12.3 Å². The maximum Gasteiger partial charge on any atom is 0.180 e. The Labute approximate surface area is 133 Å². The number of sulfone groups is 1. The van der Waals surface area contributed by atoms with Gasteiger partial charge in [0.15, 0.2) is 9.84 Å². The lowest BCUT2D eigenvalue weighted by molar-refractivity contribution is 0.597. The molecule has 0 aliphatic carbocycles. The predicted molar refractivity (Wildman–Crippen MR) is 87.8 cm³/mol. The first kappa shape index (κ1) is 15.1. The third-order valence-corrected chi connectivity index (χ3v) is 6.15. The van der Waals surface area contributed by atoms with E-state index in [4.69, 9.17) is 0 Å². The fraction of sp³-hybridized carbons (Fsp3) is 0.267. The average molecular weight is 333 g/mol. The second-order valence-corrected chi connectivity index (χ2v) is 8.02. The lowest BCUT2D eigenvalue weighted by Crippen LogP contribution is -2.06. The molecule has 3 aromatic rings. The van der Waals surface area contributed by atoms with Gasteiger partial charge >= 0.3 is 0 Å². The van der Waals surface area contributed by atoms with Crippen molar-refractivity contribution in [3.8, 4) is 10.7 Å². The van der Waals surface area contributed by atoms with Crippen molar-refractivity contribution < 1.29 is 8.42 Å². The predicted octanol–water partition coefficient (Wildman–Crippen LogP) is 3.11. The van der Waals surface area contributed by atoms with E-state index >= 15 is 0 Å². The van der Waals surface area contributed by atoms with Gasteiger partial charge < -0.3 is 0 Å². The van der Waals surface area contributed by atoms with E-state index in [9.17, 15) is 8.42 Å². The van der Waals surface area contributed by atoms with Gasteiger partial charge in [-0.2, -0.15) is 0 Å². The first-order valence-corrected chi connectivity index (χ1v) is 9.45. The van der Waals surface area contributed by atoms with Crippen LogP contribution in [0, 0.1) is 0 Å². The van der Waals surface area contributed by atoms with Crippen molar-refractivity contribution in [1.82, 2.24) is 15.0 Å². The molecule has 5 nitrogen and oxygen atoms in total. The van der Waals surface area contributed by atoms with Crippen LogP contribution in [0.1, 0.15) is 19.4 Å². The van der Waals surface area contributed by atoms with Crippen LogP contribution in [-0.4, -0.2) is 29.1 Å². The zero-order valence-corrected chi connectivity index (χ0v) is 13.9. The molecule has 0 bridgehead atoms. The Morgan fingerprint density at radius 1 is 1.23 bits per heavy atom. The number of thiazole rings is 1. The lowest BCUT2D eigenvalue weighted by Gasteiger charge is -2.05. The number of aryl methyl sites for hydroxylation is 1. The van der Waals surface area contributed by atoms with Crippen molar-refractivity contribution in [2.24, 2.45) is 0 Å². The number of hydrogen-bond donors (Lipinski definition) is 0. The number of nitrogens with zero attached hydrogens (tertiary/aromatic N) is 3. The average Bonchev–Trinajstić information content (AvgIpc) is 2.97. The fourth-order valence-corrected chi connectivity index (χ4v) is 4.12. The van der Waals surface area contributed by atoms with Crippen LogP contribution in [0.4, 0.5) is 0 Å². The number of fused-ring (bicyclic) bond motifs is 1. The molecule has 0 N–H and O–H groups in total. The Morgan fingerprint density at radius 2 is 2.05 bits per heavy atom. The number of pyridine rings is 2. The summed E-state index contributed by atoms with van der Waals surface area (Å²) >= 11 is 1.36. The summed E-state index contributed by atoms with van der Waals surface area (Å²) in [5, 5.41) is 0.586. The first-order chi connectivity index (χ1) is 10.5. The van der Waals surface area contributed by atoms with Crippen LogP contribution < -0.4 is 0 Å². The van der Waals surface area contributed by atoms with E-state index in [1.54, 1.807) is 25.3 Å². The molecule has 0 aromatic carbocycles. The fourth-order valence-electron chi connectivity index (χ4n) is 2.12. The van der Waals surface area contributed by atoms with E-state index in [0.717, 1.165) is 22.3 Å². The Kier molecular flexibility index (Phi) is 3.92. The van der Waals surface area contributed by atoms with Crippen LogP contribution in [0.5, 0.6) is 0 Å². The van der Waals surface area contributed by atoms with Crippen LogP contribution in [0.25, 0.3) is 21.0 Å². The summed E-state index contributed by atoms with van der Waals surface area (Å²) in [6, 6.07) is 5.20. The maximum atomic E-state index is 12.2. The number of hydrogen-bond acceptors (Lipinski definition) is 6. The quantitative estimate of drug-likeness (QED) is 0.733. The van der Waals surface area contributed by atoms with Gasteiger partial charge in [0, 0.05) is 12.4 Å². The van der Waals surface area contributed by atoms with E-state index < -0.39 is 9.84 Å². The lowest BCUT2D eigenvalue weighted by atomic mass is 10.2. The zero-order valence-electron chi connectivity index (χ0n) is 12.3. The second-order valence-electron chi connectivity index (χ2n) is 4.79. The summed E-state index contributed by atoms with van der Waals surface area (Å²) in [6.07, 6.45) is 4.29. The molecule has 3 rings (SSSR count). The van der Waals surface area contributed by atoms with Crippen LogP contribution in [0.2, 0.25) is 0 Å². The minimum Gasteiger partial charge on any atom is -0.252 e. The molecular formula is C15H15N3O2S2. The van der Waals surface area contributed by atoms with Crippen LogP contribution in [0.15, 0.2) is 35.5 Å².